The van der Waals surface area contributed by atoms with E-state index >= 15 is 0 Å². The summed E-state index contributed by atoms with van der Waals surface area (Å²) in [4.78, 5) is 28.4. The maximum Gasteiger partial charge on any atom is 0.225 e. The smallest absolute Gasteiger partial charge is 0.225 e. The molecule has 1 aliphatic rings. The number of aromatic nitrogens is 3. The van der Waals surface area contributed by atoms with E-state index in [2.05, 4.69) is 40.1 Å². The zero-order valence-electron chi connectivity index (χ0n) is 19.1. The van der Waals surface area contributed by atoms with Crippen LogP contribution in [0.25, 0.3) is 11.1 Å². The largest absolute Gasteiger partial charge is 0.353 e. The van der Waals surface area contributed by atoms with Gasteiger partial charge in [-0.3, -0.25) is 9.78 Å². The van der Waals surface area contributed by atoms with Gasteiger partial charge in [0.2, 0.25) is 11.9 Å². The van der Waals surface area contributed by atoms with Crippen LogP contribution in [0.2, 0.25) is 0 Å². The van der Waals surface area contributed by atoms with E-state index in [1.807, 2.05) is 43.5 Å². The molecular weight excluding hydrogens is 398 g/mol. The van der Waals surface area contributed by atoms with E-state index in [0.29, 0.717) is 12.3 Å². The van der Waals surface area contributed by atoms with Gasteiger partial charge >= 0.3 is 0 Å². The molecule has 3 aromatic rings. The van der Waals surface area contributed by atoms with E-state index < -0.39 is 0 Å². The van der Waals surface area contributed by atoms with Crippen molar-refractivity contribution in [2.45, 2.75) is 52.0 Å². The van der Waals surface area contributed by atoms with Crippen molar-refractivity contribution < 1.29 is 4.79 Å². The molecule has 0 bridgehead atoms. The number of carbonyl (C=O) groups is 1. The van der Waals surface area contributed by atoms with Crippen LogP contribution >= 0.6 is 0 Å². The molecule has 1 fully saturated rings. The molecule has 4 rings (SSSR count). The number of hydrogen-bond donors (Lipinski definition) is 1. The van der Waals surface area contributed by atoms with E-state index in [9.17, 15) is 4.79 Å². The van der Waals surface area contributed by atoms with E-state index in [4.69, 9.17) is 4.98 Å². The number of carbonyl (C=O) groups excluding carboxylic acids is 1. The first-order chi connectivity index (χ1) is 15.5. The second-order valence-electron chi connectivity index (χ2n) is 8.85. The summed E-state index contributed by atoms with van der Waals surface area (Å²) in [7, 11) is 0. The first kappa shape index (κ1) is 21.9. The van der Waals surface area contributed by atoms with E-state index in [-0.39, 0.29) is 11.9 Å². The normalized spacial score (nSPS) is 14.6. The predicted octanol–water partition coefficient (Wildman–Crippen LogP) is 4.30. The van der Waals surface area contributed by atoms with Crippen LogP contribution in [-0.4, -0.2) is 40.0 Å². The molecule has 1 amide bonds. The summed E-state index contributed by atoms with van der Waals surface area (Å²) in [6.45, 7) is 8.04. The molecule has 0 saturated carbocycles. The van der Waals surface area contributed by atoms with Crippen LogP contribution in [0.15, 0.2) is 55.0 Å². The average molecular weight is 430 g/mol. The lowest BCUT2D eigenvalue weighted by atomic mass is 10.00. The fourth-order valence-corrected chi connectivity index (χ4v) is 4.24. The molecule has 1 aliphatic heterocycles. The fraction of sp³-hybridized carbons (Fsp3) is 0.385. The zero-order valence-corrected chi connectivity index (χ0v) is 19.1. The Morgan fingerprint density at radius 3 is 2.59 bits per heavy atom. The SMILES string of the molecule is Cc1cccc(CC(=O)NC2CCN(c3ncc(-c4ccncc4)c(C(C)C)n3)CC2)c1. The van der Waals surface area contributed by atoms with Crippen LogP contribution in [0.4, 0.5) is 5.95 Å². The number of pyridine rings is 1. The minimum absolute atomic E-state index is 0.0918. The Morgan fingerprint density at radius 2 is 1.91 bits per heavy atom. The highest BCUT2D eigenvalue weighted by atomic mass is 16.1. The molecule has 1 aromatic carbocycles. The Hall–Kier alpha value is -3.28. The number of hydrogen-bond acceptors (Lipinski definition) is 5. The van der Waals surface area contributed by atoms with Gasteiger partial charge in [-0.25, -0.2) is 9.97 Å². The molecule has 1 N–H and O–H groups in total. The minimum Gasteiger partial charge on any atom is -0.353 e. The lowest BCUT2D eigenvalue weighted by Crippen LogP contribution is -2.45. The molecular formula is C26H31N5O. The Kier molecular flexibility index (Phi) is 6.78. The highest BCUT2D eigenvalue weighted by molar-refractivity contribution is 5.79. The van der Waals surface area contributed by atoms with Gasteiger partial charge in [-0.15, -0.1) is 0 Å². The number of piperidine rings is 1. The third-order valence-electron chi connectivity index (χ3n) is 5.93. The Labute approximate surface area is 190 Å². The second kappa shape index (κ2) is 9.90. The highest BCUT2D eigenvalue weighted by Crippen LogP contribution is 2.29. The lowest BCUT2D eigenvalue weighted by Gasteiger charge is -2.33. The van der Waals surface area contributed by atoms with Gasteiger partial charge < -0.3 is 10.2 Å². The van der Waals surface area contributed by atoms with Gasteiger partial charge in [0, 0.05) is 43.3 Å². The quantitative estimate of drug-likeness (QED) is 0.633. The van der Waals surface area contributed by atoms with Gasteiger partial charge in [-0.1, -0.05) is 43.7 Å². The molecule has 6 nitrogen and oxygen atoms in total. The van der Waals surface area contributed by atoms with Crippen LogP contribution in [0.3, 0.4) is 0 Å². The Bertz CT molecular complexity index is 1060. The number of nitrogens with zero attached hydrogens (tertiary/aromatic N) is 4. The molecule has 166 valence electrons. The molecule has 0 unspecified atom stereocenters. The fourth-order valence-electron chi connectivity index (χ4n) is 4.24. The molecule has 2 aromatic heterocycles. The molecule has 1 saturated heterocycles. The van der Waals surface area contributed by atoms with Gasteiger partial charge in [0.15, 0.2) is 0 Å². The summed E-state index contributed by atoms with van der Waals surface area (Å²) in [6, 6.07) is 12.3. The van der Waals surface area contributed by atoms with Gasteiger partial charge in [-0.05, 0) is 48.9 Å². The molecule has 0 radical (unpaired) electrons. The zero-order chi connectivity index (χ0) is 22.5. The van der Waals surface area contributed by atoms with Crippen molar-refractivity contribution >= 4 is 11.9 Å². The van der Waals surface area contributed by atoms with Crippen molar-refractivity contribution in [3.8, 4) is 11.1 Å². The standard InChI is InChI=1S/C26H31N5O/c1-18(2)25-23(21-7-11-27-12-8-21)17-28-26(30-25)31-13-9-22(10-14-31)29-24(32)16-20-6-4-5-19(3)15-20/h4-8,11-12,15,17-18,22H,9-10,13-14,16H2,1-3H3,(H,29,32). The summed E-state index contributed by atoms with van der Waals surface area (Å²) in [5, 5.41) is 3.21. The third kappa shape index (κ3) is 5.31. The number of aryl methyl sites for hydroxylation is 1. The number of anilines is 1. The topological polar surface area (TPSA) is 71.0 Å². The summed E-state index contributed by atoms with van der Waals surface area (Å²) < 4.78 is 0. The van der Waals surface area contributed by atoms with E-state index in [0.717, 1.165) is 54.3 Å². The van der Waals surface area contributed by atoms with Crippen molar-refractivity contribution in [3.05, 3.63) is 71.8 Å². The maximum absolute atomic E-state index is 12.5. The first-order valence-electron chi connectivity index (χ1n) is 11.4. The average Bonchev–Trinajstić information content (AvgIpc) is 2.80. The van der Waals surface area contributed by atoms with Crippen molar-refractivity contribution in [1.29, 1.82) is 0 Å². The van der Waals surface area contributed by atoms with Crippen molar-refractivity contribution in [2.75, 3.05) is 18.0 Å². The van der Waals surface area contributed by atoms with Crippen LogP contribution in [0.5, 0.6) is 0 Å². The van der Waals surface area contributed by atoms with E-state index in [1.54, 1.807) is 12.4 Å². The van der Waals surface area contributed by atoms with Crippen molar-refractivity contribution in [1.82, 2.24) is 20.3 Å². The number of amides is 1. The van der Waals surface area contributed by atoms with Crippen molar-refractivity contribution in [3.63, 3.8) is 0 Å². The van der Waals surface area contributed by atoms with Gasteiger partial charge in [-0.2, -0.15) is 0 Å². The third-order valence-corrected chi connectivity index (χ3v) is 5.93. The monoisotopic (exact) mass is 429 g/mol. The highest BCUT2D eigenvalue weighted by Gasteiger charge is 2.23. The first-order valence-corrected chi connectivity index (χ1v) is 11.4. The molecule has 3 heterocycles. The lowest BCUT2D eigenvalue weighted by molar-refractivity contribution is -0.121. The number of nitrogens with one attached hydrogen (secondary N) is 1. The Balaban J connectivity index is 1.37. The molecule has 6 heteroatoms. The molecule has 0 spiro atoms. The summed E-state index contributed by atoms with van der Waals surface area (Å²) >= 11 is 0. The van der Waals surface area contributed by atoms with Gasteiger partial charge in [0.05, 0.1) is 12.1 Å². The van der Waals surface area contributed by atoms with Crippen LogP contribution in [-0.2, 0) is 11.2 Å². The second-order valence-corrected chi connectivity index (χ2v) is 8.85. The van der Waals surface area contributed by atoms with Gasteiger partial charge in [0.1, 0.15) is 0 Å². The Morgan fingerprint density at radius 1 is 1.16 bits per heavy atom. The molecule has 0 aliphatic carbocycles. The summed E-state index contributed by atoms with van der Waals surface area (Å²) in [6.07, 6.45) is 7.75. The van der Waals surface area contributed by atoms with Crippen LogP contribution in [0, 0.1) is 6.92 Å². The summed E-state index contributed by atoms with van der Waals surface area (Å²) in [5.74, 6) is 1.16. The molecule has 0 atom stereocenters. The van der Waals surface area contributed by atoms with E-state index in [1.165, 1.54) is 5.56 Å². The summed E-state index contributed by atoms with van der Waals surface area (Å²) in [5.41, 5.74) is 5.44. The van der Waals surface area contributed by atoms with Crippen LogP contribution < -0.4 is 10.2 Å². The molecule has 32 heavy (non-hydrogen) atoms. The number of rotatable bonds is 6. The van der Waals surface area contributed by atoms with Crippen LogP contribution in [0.1, 0.15) is 49.4 Å². The minimum atomic E-state index is 0.0918. The number of benzene rings is 1. The maximum atomic E-state index is 12.5. The van der Waals surface area contributed by atoms with Crippen molar-refractivity contribution in [2.24, 2.45) is 0 Å². The predicted molar refractivity (Wildman–Crippen MR) is 128 cm³/mol. The van der Waals surface area contributed by atoms with Gasteiger partial charge in [0.25, 0.3) is 0 Å².